The number of hydrogen-bond acceptors (Lipinski definition) is 1. The van der Waals surface area contributed by atoms with Gasteiger partial charge in [-0.2, -0.15) is 0 Å². The molecule has 0 aliphatic heterocycles. The van der Waals surface area contributed by atoms with Crippen molar-refractivity contribution >= 4 is 29.1 Å². The molecule has 15 heavy (non-hydrogen) atoms. The predicted octanol–water partition coefficient (Wildman–Crippen LogP) is 3.09. The molecule has 0 saturated carbocycles. The Kier molecular flexibility index (Phi) is 4.92. The minimum Gasteiger partial charge on any atom is -0.351 e. The number of rotatable bonds is 4. The number of hydrogen-bond donors (Lipinski definition) is 1. The number of alkyl halides is 1. The van der Waals surface area contributed by atoms with E-state index in [9.17, 15) is 4.79 Å². The van der Waals surface area contributed by atoms with E-state index < -0.39 is 0 Å². The van der Waals surface area contributed by atoms with Crippen molar-refractivity contribution in [3.8, 4) is 0 Å². The Hall–Kier alpha value is -0.730. The number of nitrogens with one attached hydrogen (secondary N) is 1. The zero-order valence-corrected chi connectivity index (χ0v) is 9.98. The van der Waals surface area contributed by atoms with E-state index in [-0.39, 0.29) is 11.3 Å². The Labute approximate surface area is 99.6 Å². The number of carbonyl (C=O) groups is 1. The normalized spacial score (nSPS) is 12.2. The average Bonchev–Trinajstić information content (AvgIpc) is 2.25. The maximum Gasteiger partial charge on any atom is 0.251 e. The lowest BCUT2D eigenvalue weighted by Crippen LogP contribution is -2.29. The predicted molar refractivity (Wildman–Crippen MR) is 63.7 cm³/mol. The number of amides is 1. The summed E-state index contributed by atoms with van der Waals surface area (Å²) in [7, 11) is 0. The van der Waals surface area contributed by atoms with Gasteiger partial charge >= 0.3 is 0 Å². The molecule has 4 heteroatoms. The van der Waals surface area contributed by atoms with Crippen LogP contribution in [0.2, 0.25) is 5.02 Å². The molecule has 0 saturated heterocycles. The van der Waals surface area contributed by atoms with E-state index in [1.165, 1.54) is 0 Å². The van der Waals surface area contributed by atoms with Gasteiger partial charge in [-0.25, -0.2) is 0 Å². The highest BCUT2D eigenvalue weighted by atomic mass is 35.5. The molecule has 0 fully saturated rings. The zero-order valence-electron chi connectivity index (χ0n) is 8.47. The smallest absolute Gasteiger partial charge is 0.251 e. The number of halogens is 2. The van der Waals surface area contributed by atoms with Crippen LogP contribution in [-0.4, -0.2) is 17.8 Å². The van der Waals surface area contributed by atoms with Crippen molar-refractivity contribution in [3.63, 3.8) is 0 Å². The Bertz CT molecular complexity index is 341. The third-order valence-corrected chi connectivity index (χ3v) is 2.71. The van der Waals surface area contributed by atoms with Gasteiger partial charge in [0.05, 0.1) is 5.38 Å². The van der Waals surface area contributed by atoms with Crippen molar-refractivity contribution in [3.05, 3.63) is 34.9 Å². The quantitative estimate of drug-likeness (QED) is 0.812. The van der Waals surface area contributed by atoms with Gasteiger partial charge in [0.15, 0.2) is 0 Å². The average molecular weight is 246 g/mol. The Morgan fingerprint density at radius 1 is 1.53 bits per heavy atom. The van der Waals surface area contributed by atoms with Crippen LogP contribution in [0.1, 0.15) is 23.7 Å². The summed E-state index contributed by atoms with van der Waals surface area (Å²) < 4.78 is 0. The van der Waals surface area contributed by atoms with Crippen molar-refractivity contribution in [2.45, 2.75) is 18.7 Å². The lowest BCUT2D eigenvalue weighted by molar-refractivity contribution is 0.0953. The minimum absolute atomic E-state index is 0.0202. The van der Waals surface area contributed by atoms with E-state index >= 15 is 0 Å². The summed E-state index contributed by atoms with van der Waals surface area (Å²) in [6, 6.07) is 6.83. The molecule has 1 amide bonds. The van der Waals surface area contributed by atoms with Crippen LogP contribution in [0.5, 0.6) is 0 Å². The van der Waals surface area contributed by atoms with Gasteiger partial charge in [0.2, 0.25) is 0 Å². The first-order valence-corrected chi connectivity index (χ1v) is 5.62. The van der Waals surface area contributed by atoms with Gasteiger partial charge in [-0.15, -0.1) is 11.6 Å². The van der Waals surface area contributed by atoms with Crippen LogP contribution in [0.15, 0.2) is 24.3 Å². The van der Waals surface area contributed by atoms with Crippen molar-refractivity contribution in [1.82, 2.24) is 5.32 Å². The highest BCUT2D eigenvalue weighted by Crippen LogP contribution is 2.10. The molecule has 1 rings (SSSR count). The Morgan fingerprint density at radius 3 is 2.87 bits per heavy atom. The fraction of sp³-hybridized carbons (Fsp3) is 0.364. The molecule has 0 aromatic heterocycles. The Balaban J connectivity index is 2.54. The monoisotopic (exact) mass is 245 g/mol. The molecule has 0 radical (unpaired) electrons. The molecule has 1 aromatic carbocycles. The summed E-state index contributed by atoms with van der Waals surface area (Å²) in [5, 5.41) is 3.28. The summed E-state index contributed by atoms with van der Waals surface area (Å²) in [6.07, 6.45) is 0.831. The SMILES string of the molecule is CCC(Cl)CNC(=O)c1cccc(Cl)c1. The van der Waals surface area contributed by atoms with Crippen LogP contribution < -0.4 is 5.32 Å². The van der Waals surface area contributed by atoms with Crippen LogP contribution in [-0.2, 0) is 0 Å². The topological polar surface area (TPSA) is 29.1 Å². The van der Waals surface area contributed by atoms with E-state index in [1.54, 1.807) is 24.3 Å². The lowest BCUT2D eigenvalue weighted by atomic mass is 10.2. The standard InChI is InChI=1S/C11H13Cl2NO/c1-2-9(12)7-14-11(15)8-4-3-5-10(13)6-8/h3-6,9H,2,7H2,1H3,(H,14,15). The van der Waals surface area contributed by atoms with Crippen molar-refractivity contribution < 1.29 is 4.79 Å². The largest absolute Gasteiger partial charge is 0.351 e. The molecule has 0 spiro atoms. The third-order valence-electron chi connectivity index (χ3n) is 2.01. The molecule has 0 bridgehead atoms. The molecular formula is C11H13Cl2NO. The molecule has 82 valence electrons. The molecule has 1 aromatic rings. The summed E-state index contributed by atoms with van der Waals surface area (Å²) in [5.41, 5.74) is 0.558. The summed E-state index contributed by atoms with van der Waals surface area (Å²) in [5.74, 6) is -0.142. The minimum atomic E-state index is -0.142. The number of benzene rings is 1. The van der Waals surface area contributed by atoms with E-state index in [2.05, 4.69) is 5.32 Å². The summed E-state index contributed by atoms with van der Waals surface area (Å²) >= 11 is 11.7. The third kappa shape index (κ3) is 4.10. The maximum absolute atomic E-state index is 11.6. The highest BCUT2D eigenvalue weighted by molar-refractivity contribution is 6.31. The summed E-state index contributed by atoms with van der Waals surface area (Å²) in [6.45, 7) is 2.45. The second-order valence-corrected chi connectivity index (χ2v) is 4.28. The van der Waals surface area contributed by atoms with Crippen LogP contribution in [0.4, 0.5) is 0 Å². The lowest BCUT2D eigenvalue weighted by Gasteiger charge is -2.08. The van der Waals surface area contributed by atoms with Gasteiger partial charge in [0.25, 0.3) is 5.91 Å². The molecule has 2 nitrogen and oxygen atoms in total. The second kappa shape index (κ2) is 5.99. The first-order valence-electron chi connectivity index (χ1n) is 4.81. The molecule has 0 aliphatic carbocycles. The van der Waals surface area contributed by atoms with Crippen LogP contribution in [0.25, 0.3) is 0 Å². The van der Waals surface area contributed by atoms with Gasteiger partial charge in [0.1, 0.15) is 0 Å². The summed E-state index contributed by atoms with van der Waals surface area (Å²) in [4.78, 5) is 11.6. The van der Waals surface area contributed by atoms with E-state index in [0.29, 0.717) is 17.1 Å². The van der Waals surface area contributed by atoms with E-state index in [0.717, 1.165) is 6.42 Å². The van der Waals surface area contributed by atoms with Crippen molar-refractivity contribution in [2.24, 2.45) is 0 Å². The van der Waals surface area contributed by atoms with Crippen LogP contribution in [0.3, 0.4) is 0 Å². The van der Waals surface area contributed by atoms with Gasteiger partial charge in [-0.1, -0.05) is 24.6 Å². The number of carbonyl (C=O) groups excluding carboxylic acids is 1. The fourth-order valence-electron chi connectivity index (χ4n) is 1.08. The molecule has 1 unspecified atom stereocenters. The second-order valence-electron chi connectivity index (χ2n) is 3.23. The molecule has 1 atom stereocenters. The van der Waals surface area contributed by atoms with Crippen LogP contribution in [0, 0.1) is 0 Å². The van der Waals surface area contributed by atoms with E-state index in [1.807, 2.05) is 6.92 Å². The first kappa shape index (κ1) is 12.3. The molecule has 0 aliphatic rings. The zero-order chi connectivity index (χ0) is 11.3. The maximum atomic E-state index is 11.6. The highest BCUT2D eigenvalue weighted by Gasteiger charge is 2.07. The van der Waals surface area contributed by atoms with Crippen LogP contribution >= 0.6 is 23.2 Å². The molecule has 0 heterocycles. The van der Waals surface area contributed by atoms with Crippen molar-refractivity contribution in [1.29, 1.82) is 0 Å². The van der Waals surface area contributed by atoms with Crippen molar-refractivity contribution in [2.75, 3.05) is 6.54 Å². The van der Waals surface area contributed by atoms with E-state index in [4.69, 9.17) is 23.2 Å². The fourth-order valence-corrected chi connectivity index (χ4v) is 1.35. The van der Waals surface area contributed by atoms with Gasteiger partial charge < -0.3 is 5.32 Å². The molecular weight excluding hydrogens is 233 g/mol. The van der Waals surface area contributed by atoms with Gasteiger partial charge in [-0.3, -0.25) is 4.79 Å². The van der Waals surface area contributed by atoms with Gasteiger partial charge in [0, 0.05) is 17.1 Å². The van der Waals surface area contributed by atoms with Gasteiger partial charge in [-0.05, 0) is 24.6 Å². The first-order chi connectivity index (χ1) is 7.13. The Morgan fingerprint density at radius 2 is 2.27 bits per heavy atom. The molecule has 1 N–H and O–H groups in total.